The second-order valence-electron chi connectivity index (χ2n) is 7.43. The number of hydrogen-bond donors (Lipinski definition) is 1. The van der Waals surface area contributed by atoms with Gasteiger partial charge in [-0.25, -0.2) is 19.9 Å². The molecule has 1 N–H and O–H groups in total. The fourth-order valence-corrected chi connectivity index (χ4v) is 4.18. The van der Waals surface area contributed by atoms with Crippen LogP contribution in [0.4, 0.5) is 5.82 Å². The molecular weight excluding hydrogens is 388 g/mol. The topological polar surface area (TPSA) is 83.6 Å². The van der Waals surface area contributed by atoms with E-state index in [1.807, 2.05) is 16.7 Å². The molecule has 1 saturated heterocycles. The van der Waals surface area contributed by atoms with Gasteiger partial charge in [-0.3, -0.25) is 9.39 Å². The first-order valence-corrected chi connectivity index (χ1v) is 10.1. The average Bonchev–Trinajstić information content (AvgIpc) is 3.39. The van der Waals surface area contributed by atoms with E-state index < -0.39 is 0 Å². The lowest BCUT2D eigenvalue weighted by Gasteiger charge is -2.44. The lowest BCUT2D eigenvalue weighted by Crippen LogP contribution is -2.61. The molecule has 29 heavy (non-hydrogen) atoms. The van der Waals surface area contributed by atoms with Gasteiger partial charge in [-0.05, 0) is 19.9 Å². The van der Waals surface area contributed by atoms with Crippen LogP contribution < -0.4 is 10.2 Å². The van der Waals surface area contributed by atoms with E-state index in [0.29, 0.717) is 22.7 Å². The third-order valence-corrected chi connectivity index (χ3v) is 5.62. The van der Waals surface area contributed by atoms with E-state index in [0.717, 1.165) is 30.2 Å². The summed E-state index contributed by atoms with van der Waals surface area (Å²) < 4.78 is 1.86. The van der Waals surface area contributed by atoms with Crippen molar-refractivity contribution in [2.45, 2.75) is 38.4 Å². The van der Waals surface area contributed by atoms with Crippen LogP contribution in [0.5, 0.6) is 0 Å². The minimum atomic E-state index is 0.164. The third kappa shape index (κ3) is 3.28. The van der Waals surface area contributed by atoms with Crippen molar-refractivity contribution in [2.75, 3.05) is 11.4 Å². The second-order valence-corrected chi connectivity index (χ2v) is 7.82. The molecule has 0 bridgehead atoms. The van der Waals surface area contributed by atoms with Gasteiger partial charge in [-0.2, -0.15) is 0 Å². The maximum Gasteiger partial charge on any atom is 0.180 e. The maximum atomic E-state index is 6.07. The van der Waals surface area contributed by atoms with Gasteiger partial charge < -0.3 is 10.2 Å². The summed E-state index contributed by atoms with van der Waals surface area (Å²) in [5.41, 5.74) is 2.59. The predicted molar refractivity (Wildman–Crippen MR) is 113 cm³/mol. The Labute approximate surface area is 173 Å². The first-order valence-electron chi connectivity index (χ1n) is 9.67. The zero-order valence-corrected chi connectivity index (χ0v) is 17.0. The number of hydrogen-bond acceptors (Lipinski definition) is 7. The Bertz CT molecular complexity index is 1120. The fraction of sp³-hybridized carbons (Fsp3) is 0.350. The van der Waals surface area contributed by atoms with Gasteiger partial charge in [0.15, 0.2) is 11.5 Å². The van der Waals surface area contributed by atoms with E-state index in [9.17, 15) is 0 Å². The average molecular weight is 409 g/mol. The molecule has 3 atom stereocenters. The van der Waals surface area contributed by atoms with Crippen molar-refractivity contribution in [1.82, 2.24) is 29.7 Å². The Morgan fingerprint density at radius 2 is 2.07 bits per heavy atom. The molecule has 9 heteroatoms. The minimum Gasteiger partial charge on any atom is -0.350 e. The lowest BCUT2D eigenvalue weighted by molar-refractivity contribution is 0.356. The zero-order chi connectivity index (χ0) is 20.0. The Hall–Kier alpha value is -2.84. The molecule has 0 radical (unpaired) electrons. The van der Waals surface area contributed by atoms with Crippen LogP contribution in [-0.2, 0) is 0 Å². The van der Waals surface area contributed by atoms with Gasteiger partial charge >= 0.3 is 0 Å². The molecule has 3 aromatic heterocycles. The number of allylic oxidation sites excluding steroid dienone is 1. The standard InChI is InChI=1S/C20H21ClN8/c1-12-10-28(13(2)19(26-12)14-4-3-6-22-14)17-5-7-23-20(27-17)15-8-25-18-9-24-16(21)11-29(15)18/h4-9,11-13,19,26H,3,10H2,1-2H3. The maximum absolute atomic E-state index is 6.07. The second kappa shape index (κ2) is 7.20. The number of imidazole rings is 1. The van der Waals surface area contributed by atoms with Crippen molar-refractivity contribution in [3.8, 4) is 11.5 Å². The minimum absolute atomic E-state index is 0.164. The largest absolute Gasteiger partial charge is 0.350 e. The van der Waals surface area contributed by atoms with Crippen LogP contribution in [0.25, 0.3) is 17.2 Å². The Morgan fingerprint density at radius 1 is 1.17 bits per heavy atom. The van der Waals surface area contributed by atoms with Crippen molar-refractivity contribution in [1.29, 1.82) is 0 Å². The summed E-state index contributed by atoms with van der Waals surface area (Å²) in [6.07, 6.45) is 11.9. The summed E-state index contributed by atoms with van der Waals surface area (Å²) in [5, 5.41) is 4.07. The number of halogens is 1. The normalized spacial score (nSPS) is 24.3. The number of anilines is 1. The molecule has 0 aromatic carbocycles. The molecule has 0 amide bonds. The Kier molecular flexibility index (Phi) is 4.52. The van der Waals surface area contributed by atoms with Gasteiger partial charge in [0.05, 0.1) is 24.1 Å². The predicted octanol–water partition coefficient (Wildman–Crippen LogP) is 2.75. The SMILES string of the molecule is CC1CN(c2ccnc(-c3cnc4cnc(Cl)cn34)n2)C(C)C(C2=CCC=N2)N1. The third-order valence-electron chi connectivity index (χ3n) is 5.43. The lowest BCUT2D eigenvalue weighted by atomic mass is 9.99. The van der Waals surface area contributed by atoms with Crippen LogP contribution in [0.1, 0.15) is 20.3 Å². The van der Waals surface area contributed by atoms with E-state index in [2.05, 4.69) is 50.1 Å². The van der Waals surface area contributed by atoms with Crippen LogP contribution in [-0.4, -0.2) is 55.2 Å². The van der Waals surface area contributed by atoms with E-state index in [4.69, 9.17) is 16.6 Å². The highest BCUT2D eigenvalue weighted by Gasteiger charge is 2.34. The first kappa shape index (κ1) is 18.2. The van der Waals surface area contributed by atoms with Gasteiger partial charge in [0.25, 0.3) is 0 Å². The molecule has 5 heterocycles. The van der Waals surface area contributed by atoms with Gasteiger partial charge in [-0.15, -0.1) is 0 Å². The number of aliphatic imine (C=N–C) groups is 1. The quantitative estimate of drug-likeness (QED) is 0.717. The van der Waals surface area contributed by atoms with Crippen LogP contribution in [0.2, 0.25) is 5.15 Å². The van der Waals surface area contributed by atoms with E-state index in [-0.39, 0.29) is 12.1 Å². The number of fused-ring (bicyclic) bond motifs is 1. The highest BCUT2D eigenvalue weighted by atomic mass is 35.5. The molecular formula is C20H21ClN8. The molecule has 5 rings (SSSR count). The first-order chi connectivity index (χ1) is 14.1. The van der Waals surface area contributed by atoms with Gasteiger partial charge in [0.2, 0.25) is 0 Å². The van der Waals surface area contributed by atoms with Crippen LogP contribution >= 0.6 is 11.6 Å². The van der Waals surface area contributed by atoms with Gasteiger partial charge in [0.1, 0.15) is 16.7 Å². The molecule has 0 saturated carbocycles. The Balaban J connectivity index is 1.51. The summed E-state index contributed by atoms with van der Waals surface area (Å²) in [4.78, 5) is 24.7. The number of rotatable bonds is 3. The van der Waals surface area contributed by atoms with Crippen molar-refractivity contribution in [2.24, 2.45) is 4.99 Å². The van der Waals surface area contributed by atoms with Crippen molar-refractivity contribution >= 4 is 29.3 Å². The molecule has 0 spiro atoms. The van der Waals surface area contributed by atoms with E-state index in [1.54, 1.807) is 24.8 Å². The summed E-state index contributed by atoms with van der Waals surface area (Å²) in [6, 6.07) is 2.64. The van der Waals surface area contributed by atoms with Gasteiger partial charge in [-0.1, -0.05) is 17.7 Å². The molecule has 2 aliphatic heterocycles. The number of piperazine rings is 1. The molecule has 3 unspecified atom stereocenters. The molecule has 2 aliphatic rings. The summed E-state index contributed by atoms with van der Waals surface area (Å²) >= 11 is 6.07. The number of aromatic nitrogens is 5. The molecule has 3 aromatic rings. The zero-order valence-electron chi connectivity index (χ0n) is 16.2. The summed E-state index contributed by atoms with van der Waals surface area (Å²) in [7, 11) is 0. The molecule has 8 nitrogen and oxygen atoms in total. The van der Waals surface area contributed by atoms with Crippen molar-refractivity contribution in [3.05, 3.63) is 47.8 Å². The summed E-state index contributed by atoms with van der Waals surface area (Å²) in [5.74, 6) is 1.49. The fourth-order valence-electron chi connectivity index (χ4n) is 4.03. The molecule has 1 fully saturated rings. The smallest absolute Gasteiger partial charge is 0.180 e. The molecule has 148 valence electrons. The van der Waals surface area contributed by atoms with Crippen LogP contribution in [0.3, 0.4) is 0 Å². The summed E-state index contributed by atoms with van der Waals surface area (Å²) in [6.45, 7) is 5.25. The number of nitrogens with one attached hydrogen (secondary N) is 1. The van der Waals surface area contributed by atoms with E-state index >= 15 is 0 Å². The van der Waals surface area contributed by atoms with Crippen molar-refractivity contribution < 1.29 is 0 Å². The Morgan fingerprint density at radius 3 is 2.90 bits per heavy atom. The van der Waals surface area contributed by atoms with Gasteiger partial charge in [0, 0.05) is 43.7 Å². The highest BCUT2D eigenvalue weighted by molar-refractivity contribution is 6.29. The monoisotopic (exact) mass is 408 g/mol. The number of nitrogens with zero attached hydrogens (tertiary/aromatic N) is 7. The van der Waals surface area contributed by atoms with E-state index in [1.165, 1.54) is 0 Å². The van der Waals surface area contributed by atoms with Crippen molar-refractivity contribution in [3.63, 3.8) is 0 Å². The molecule has 0 aliphatic carbocycles. The van der Waals surface area contributed by atoms with Crippen LogP contribution in [0, 0.1) is 0 Å². The highest BCUT2D eigenvalue weighted by Crippen LogP contribution is 2.27. The van der Waals surface area contributed by atoms with Crippen LogP contribution in [0.15, 0.2) is 47.6 Å².